The van der Waals surface area contributed by atoms with Crippen LogP contribution in [0.4, 0.5) is 5.69 Å². The summed E-state index contributed by atoms with van der Waals surface area (Å²) in [6.07, 6.45) is 0. The lowest BCUT2D eigenvalue weighted by Gasteiger charge is -2.15. The molecule has 122 valence electrons. The molecule has 2 N–H and O–H groups in total. The number of hydrogen-bond donors (Lipinski definition) is 2. The first-order valence-corrected chi connectivity index (χ1v) is 8.88. The first-order chi connectivity index (χ1) is 11.1. The van der Waals surface area contributed by atoms with E-state index in [1.807, 2.05) is 55.5 Å². The van der Waals surface area contributed by atoms with Gasteiger partial charge in [-0.1, -0.05) is 48.9 Å². The van der Waals surface area contributed by atoms with Crippen LogP contribution in [0.2, 0.25) is 5.02 Å². The van der Waals surface area contributed by atoms with Gasteiger partial charge in [-0.3, -0.25) is 4.79 Å². The van der Waals surface area contributed by atoms with Gasteiger partial charge in [0.1, 0.15) is 0 Å². The Bertz CT molecular complexity index is 663. The average molecular weight is 349 g/mol. The van der Waals surface area contributed by atoms with Crippen molar-refractivity contribution in [2.45, 2.75) is 30.5 Å². The van der Waals surface area contributed by atoms with Gasteiger partial charge >= 0.3 is 0 Å². The maximum atomic E-state index is 12.5. The summed E-state index contributed by atoms with van der Waals surface area (Å²) in [7, 11) is 0. The molecule has 0 aliphatic heterocycles. The first kappa shape index (κ1) is 17.9. The Morgan fingerprint density at radius 2 is 1.87 bits per heavy atom. The van der Waals surface area contributed by atoms with Crippen molar-refractivity contribution in [2.24, 2.45) is 0 Å². The lowest BCUT2D eigenvalue weighted by atomic mass is 10.1. The van der Waals surface area contributed by atoms with Crippen molar-refractivity contribution in [3.05, 3.63) is 59.1 Å². The van der Waals surface area contributed by atoms with Gasteiger partial charge in [0.15, 0.2) is 0 Å². The number of benzene rings is 2. The van der Waals surface area contributed by atoms with E-state index in [1.54, 1.807) is 0 Å². The Balaban J connectivity index is 2.02. The number of carbonyl (C=O) groups excluding carboxylic acids is 1. The minimum absolute atomic E-state index is 0.0288. The third kappa shape index (κ3) is 5.27. The summed E-state index contributed by atoms with van der Waals surface area (Å²) in [5, 5.41) is 6.73. The zero-order valence-electron chi connectivity index (χ0n) is 13.3. The van der Waals surface area contributed by atoms with Gasteiger partial charge in [0.25, 0.3) is 0 Å². The Morgan fingerprint density at radius 3 is 2.61 bits per heavy atom. The first-order valence-electron chi connectivity index (χ1n) is 7.62. The molecular formula is C18H21ClN2OS. The van der Waals surface area contributed by atoms with Gasteiger partial charge in [-0.25, -0.2) is 0 Å². The standard InChI is InChI=1S/C18H21ClN2OS/c1-3-20-12-14-8-4-6-10-16(14)21-18(22)13(2)23-17-11-7-5-9-15(17)19/h4-11,13,20H,3,12H2,1-2H3,(H,21,22). The zero-order chi connectivity index (χ0) is 16.7. The minimum atomic E-state index is -0.234. The Kier molecular flexibility index (Phi) is 6.96. The van der Waals surface area contributed by atoms with E-state index < -0.39 is 0 Å². The van der Waals surface area contributed by atoms with E-state index in [0.717, 1.165) is 29.2 Å². The van der Waals surface area contributed by atoms with Crippen LogP contribution >= 0.6 is 23.4 Å². The molecule has 23 heavy (non-hydrogen) atoms. The van der Waals surface area contributed by atoms with Gasteiger partial charge in [-0.2, -0.15) is 0 Å². The van der Waals surface area contributed by atoms with Crippen molar-refractivity contribution in [3.8, 4) is 0 Å². The van der Waals surface area contributed by atoms with E-state index in [4.69, 9.17) is 11.6 Å². The molecule has 3 nitrogen and oxygen atoms in total. The second-order valence-electron chi connectivity index (χ2n) is 5.12. The molecule has 0 heterocycles. The van der Waals surface area contributed by atoms with Crippen LogP contribution in [0.3, 0.4) is 0 Å². The molecule has 0 radical (unpaired) electrons. The molecular weight excluding hydrogens is 328 g/mol. The number of carbonyl (C=O) groups is 1. The molecule has 0 aromatic heterocycles. The van der Waals surface area contributed by atoms with E-state index in [0.29, 0.717) is 5.02 Å². The Labute approximate surface area is 146 Å². The maximum Gasteiger partial charge on any atom is 0.237 e. The number of hydrogen-bond acceptors (Lipinski definition) is 3. The highest BCUT2D eigenvalue weighted by molar-refractivity contribution is 8.00. The monoisotopic (exact) mass is 348 g/mol. The highest BCUT2D eigenvalue weighted by Gasteiger charge is 2.16. The third-order valence-corrected chi connectivity index (χ3v) is 4.97. The normalized spacial score (nSPS) is 12.0. The Morgan fingerprint density at radius 1 is 1.17 bits per heavy atom. The lowest BCUT2D eigenvalue weighted by molar-refractivity contribution is -0.115. The fourth-order valence-corrected chi connectivity index (χ4v) is 3.23. The van der Waals surface area contributed by atoms with Crippen LogP contribution in [0.1, 0.15) is 19.4 Å². The maximum absolute atomic E-state index is 12.5. The van der Waals surface area contributed by atoms with Gasteiger partial charge in [-0.05, 0) is 37.2 Å². The number of halogens is 1. The second kappa shape index (κ2) is 8.96. The minimum Gasteiger partial charge on any atom is -0.325 e. The van der Waals surface area contributed by atoms with Crippen molar-refractivity contribution in [1.29, 1.82) is 0 Å². The van der Waals surface area contributed by atoms with Crippen LogP contribution in [0.5, 0.6) is 0 Å². The number of rotatable bonds is 7. The molecule has 0 fully saturated rings. The third-order valence-electron chi connectivity index (χ3n) is 3.35. The van der Waals surface area contributed by atoms with Crippen molar-refractivity contribution < 1.29 is 4.79 Å². The molecule has 2 aromatic carbocycles. The number of thioether (sulfide) groups is 1. The predicted molar refractivity (Wildman–Crippen MR) is 99.2 cm³/mol. The topological polar surface area (TPSA) is 41.1 Å². The van der Waals surface area contributed by atoms with E-state index in [-0.39, 0.29) is 11.2 Å². The van der Waals surface area contributed by atoms with Crippen LogP contribution in [0.15, 0.2) is 53.4 Å². The molecule has 0 aliphatic carbocycles. The van der Waals surface area contributed by atoms with Crippen LogP contribution in [-0.4, -0.2) is 17.7 Å². The van der Waals surface area contributed by atoms with E-state index in [9.17, 15) is 4.79 Å². The summed E-state index contributed by atoms with van der Waals surface area (Å²) in [6, 6.07) is 15.4. The fraction of sp³-hybridized carbons (Fsp3) is 0.278. The van der Waals surface area contributed by atoms with Crippen molar-refractivity contribution in [3.63, 3.8) is 0 Å². The molecule has 2 aromatic rings. The highest BCUT2D eigenvalue weighted by Crippen LogP contribution is 2.30. The molecule has 0 bridgehead atoms. The zero-order valence-corrected chi connectivity index (χ0v) is 14.9. The fourth-order valence-electron chi connectivity index (χ4n) is 2.07. The van der Waals surface area contributed by atoms with Gasteiger partial charge in [0.2, 0.25) is 5.91 Å². The van der Waals surface area contributed by atoms with Gasteiger partial charge in [0.05, 0.1) is 10.3 Å². The number of nitrogens with one attached hydrogen (secondary N) is 2. The molecule has 0 aliphatic rings. The number of amides is 1. The molecule has 0 saturated carbocycles. The van der Waals surface area contributed by atoms with Gasteiger partial charge in [-0.15, -0.1) is 11.8 Å². The molecule has 0 saturated heterocycles. The van der Waals surface area contributed by atoms with E-state index in [1.165, 1.54) is 11.8 Å². The van der Waals surface area contributed by atoms with E-state index >= 15 is 0 Å². The van der Waals surface area contributed by atoms with Crippen molar-refractivity contribution >= 4 is 35.0 Å². The van der Waals surface area contributed by atoms with Crippen LogP contribution in [-0.2, 0) is 11.3 Å². The summed E-state index contributed by atoms with van der Waals surface area (Å²) < 4.78 is 0. The molecule has 1 unspecified atom stereocenters. The van der Waals surface area contributed by atoms with Crippen LogP contribution < -0.4 is 10.6 Å². The van der Waals surface area contributed by atoms with Crippen LogP contribution in [0.25, 0.3) is 0 Å². The second-order valence-corrected chi connectivity index (χ2v) is 6.91. The highest BCUT2D eigenvalue weighted by atomic mass is 35.5. The summed E-state index contributed by atoms with van der Waals surface area (Å²) in [5.41, 5.74) is 1.93. The molecule has 5 heteroatoms. The number of anilines is 1. The average Bonchev–Trinajstić information content (AvgIpc) is 2.56. The smallest absolute Gasteiger partial charge is 0.237 e. The molecule has 2 rings (SSSR count). The molecule has 0 spiro atoms. The molecule has 1 atom stereocenters. The van der Waals surface area contributed by atoms with Gasteiger partial charge < -0.3 is 10.6 Å². The van der Waals surface area contributed by atoms with E-state index in [2.05, 4.69) is 17.6 Å². The SMILES string of the molecule is CCNCc1ccccc1NC(=O)C(C)Sc1ccccc1Cl. The number of para-hydroxylation sites is 1. The van der Waals surface area contributed by atoms with Crippen molar-refractivity contribution in [1.82, 2.24) is 5.32 Å². The lowest BCUT2D eigenvalue weighted by Crippen LogP contribution is -2.24. The summed E-state index contributed by atoms with van der Waals surface area (Å²) in [5.74, 6) is -0.0288. The summed E-state index contributed by atoms with van der Waals surface area (Å²) in [6.45, 7) is 5.57. The Hall–Kier alpha value is -1.49. The largest absolute Gasteiger partial charge is 0.325 e. The quantitative estimate of drug-likeness (QED) is 0.720. The predicted octanol–water partition coefficient (Wildman–Crippen LogP) is 4.57. The molecule has 1 amide bonds. The van der Waals surface area contributed by atoms with Gasteiger partial charge in [0, 0.05) is 17.1 Å². The summed E-state index contributed by atoms with van der Waals surface area (Å²) >= 11 is 7.62. The van der Waals surface area contributed by atoms with Crippen molar-refractivity contribution in [2.75, 3.05) is 11.9 Å². The van der Waals surface area contributed by atoms with Crippen LogP contribution in [0, 0.1) is 0 Å². The summed E-state index contributed by atoms with van der Waals surface area (Å²) in [4.78, 5) is 13.4.